The first-order valence-corrected chi connectivity index (χ1v) is 11.3. The number of oxime groups is 1. The SMILES string of the molecule is C=CCOc1ccc(C(=O)[C@@H]2C(c3ccc(OC)cc3OC)=NO[C@]23C(=O)Nc2ccccc23)cc1. The minimum atomic E-state index is -1.66. The van der Waals surface area contributed by atoms with E-state index in [0.29, 0.717) is 51.9 Å². The number of amides is 1. The molecule has 0 fully saturated rings. The second kappa shape index (κ2) is 9.22. The Hall–Kier alpha value is -4.59. The number of anilines is 1. The van der Waals surface area contributed by atoms with Gasteiger partial charge in [-0.15, -0.1) is 0 Å². The molecule has 0 saturated carbocycles. The summed E-state index contributed by atoms with van der Waals surface area (Å²) in [7, 11) is 3.06. The molecule has 1 spiro atoms. The molecule has 0 aliphatic carbocycles. The number of Topliss-reactive ketones (excluding diaryl/α,β-unsaturated/α-hetero) is 1. The minimum Gasteiger partial charge on any atom is -0.497 e. The van der Waals surface area contributed by atoms with Gasteiger partial charge in [0.15, 0.2) is 5.78 Å². The van der Waals surface area contributed by atoms with Gasteiger partial charge in [0.05, 0.1) is 14.2 Å². The fourth-order valence-corrected chi connectivity index (χ4v) is 4.61. The molecule has 0 bridgehead atoms. The Kier molecular flexibility index (Phi) is 5.93. The van der Waals surface area contributed by atoms with Crippen molar-refractivity contribution in [1.29, 1.82) is 0 Å². The van der Waals surface area contributed by atoms with Gasteiger partial charge in [0.2, 0.25) is 0 Å². The summed E-state index contributed by atoms with van der Waals surface area (Å²) in [5.41, 5.74) is 0.659. The fraction of sp³-hybridized carbons (Fsp3) is 0.179. The Morgan fingerprint density at radius 3 is 2.56 bits per heavy atom. The van der Waals surface area contributed by atoms with Crippen LogP contribution in [0.15, 0.2) is 84.5 Å². The predicted molar refractivity (Wildman–Crippen MR) is 134 cm³/mol. The number of fused-ring (bicyclic) bond motifs is 2. The minimum absolute atomic E-state index is 0.290. The maximum Gasteiger partial charge on any atom is 0.277 e. The van der Waals surface area contributed by atoms with E-state index in [9.17, 15) is 9.59 Å². The molecule has 1 N–H and O–H groups in total. The molecule has 1 amide bonds. The smallest absolute Gasteiger partial charge is 0.277 e. The standard InChI is InChI=1S/C28H24N2O6/c1-4-15-35-18-11-9-17(10-12-18)26(31)24-25(20-14-13-19(33-2)16-23(20)34-3)30-36-28(24)21-7-5-6-8-22(21)29-27(28)32/h4-14,16,24H,1,15H2,2-3H3,(H,29,32)/t24-,28-/m0/s1. The first-order chi connectivity index (χ1) is 17.5. The van der Waals surface area contributed by atoms with E-state index in [-0.39, 0.29) is 5.78 Å². The van der Waals surface area contributed by atoms with Gasteiger partial charge in [-0.1, -0.05) is 36.0 Å². The number of methoxy groups -OCH3 is 2. The number of nitrogens with zero attached hydrogens (tertiary/aromatic N) is 1. The van der Waals surface area contributed by atoms with Gasteiger partial charge in [-0.3, -0.25) is 9.59 Å². The molecule has 182 valence electrons. The Labute approximate surface area is 208 Å². The van der Waals surface area contributed by atoms with Crippen molar-refractivity contribution < 1.29 is 28.6 Å². The van der Waals surface area contributed by atoms with Gasteiger partial charge in [0.25, 0.3) is 11.5 Å². The lowest BCUT2D eigenvalue weighted by Crippen LogP contribution is -2.46. The van der Waals surface area contributed by atoms with Gasteiger partial charge in [0, 0.05) is 28.4 Å². The molecule has 36 heavy (non-hydrogen) atoms. The van der Waals surface area contributed by atoms with Crippen LogP contribution in [0.2, 0.25) is 0 Å². The largest absolute Gasteiger partial charge is 0.497 e. The van der Waals surface area contributed by atoms with Crippen LogP contribution in [-0.2, 0) is 15.2 Å². The maximum atomic E-state index is 14.1. The zero-order valence-corrected chi connectivity index (χ0v) is 19.8. The monoisotopic (exact) mass is 484 g/mol. The Morgan fingerprint density at radius 1 is 1.08 bits per heavy atom. The van der Waals surface area contributed by atoms with Crippen LogP contribution in [0.1, 0.15) is 21.5 Å². The van der Waals surface area contributed by atoms with Crippen LogP contribution in [0.5, 0.6) is 17.2 Å². The number of hydrogen-bond acceptors (Lipinski definition) is 7. The van der Waals surface area contributed by atoms with Crippen molar-refractivity contribution in [3.8, 4) is 17.2 Å². The first kappa shape index (κ1) is 23.2. The lowest BCUT2D eigenvalue weighted by atomic mass is 9.74. The van der Waals surface area contributed by atoms with Crippen molar-refractivity contribution in [2.75, 3.05) is 26.1 Å². The van der Waals surface area contributed by atoms with E-state index in [1.54, 1.807) is 79.9 Å². The summed E-state index contributed by atoms with van der Waals surface area (Å²) >= 11 is 0. The molecule has 2 atom stereocenters. The Bertz CT molecular complexity index is 1380. The molecule has 0 radical (unpaired) electrons. The van der Waals surface area contributed by atoms with E-state index in [0.717, 1.165) is 0 Å². The van der Waals surface area contributed by atoms with Crippen molar-refractivity contribution in [3.63, 3.8) is 0 Å². The molecular weight excluding hydrogens is 460 g/mol. The third-order valence-corrected chi connectivity index (χ3v) is 6.33. The van der Waals surface area contributed by atoms with E-state index < -0.39 is 17.4 Å². The van der Waals surface area contributed by atoms with Crippen LogP contribution >= 0.6 is 0 Å². The highest BCUT2D eigenvalue weighted by atomic mass is 16.7. The summed E-state index contributed by atoms with van der Waals surface area (Å²) in [5, 5.41) is 7.17. The van der Waals surface area contributed by atoms with Gasteiger partial charge >= 0.3 is 0 Å². The van der Waals surface area contributed by atoms with E-state index in [1.807, 2.05) is 0 Å². The van der Waals surface area contributed by atoms with Crippen LogP contribution in [0.4, 0.5) is 5.69 Å². The molecule has 2 heterocycles. The van der Waals surface area contributed by atoms with E-state index in [4.69, 9.17) is 19.0 Å². The maximum absolute atomic E-state index is 14.1. The van der Waals surface area contributed by atoms with Crippen molar-refractivity contribution in [2.45, 2.75) is 5.60 Å². The molecule has 3 aromatic carbocycles. The first-order valence-electron chi connectivity index (χ1n) is 11.3. The fourth-order valence-electron chi connectivity index (χ4n) is 4.61. The molecular formula is C28H24N2O6. The van der Waals surface area contributed by atoms with Crippen LogP contribution in [0.3, 0.4) is 0 Å². The van der Waals surface area contributed by atoms with E-state index in [2.05, 4.69) is 17.1 Å². The topological polar surface area (TPSA) is 95.5 Å². The molecule has 8 heteroatoms. The van der Waals surface area contributed by atoms with Crippen molar-refractivity contribution in [2.24, 2.45) is 11.1 Å². The number of hydrogen-bond donors (Lipinski definition) is 1. The molecule has 2 aliphatic rings. The lowest BCUT2D eigenvalue weighted by Gasteiger charge is -2.27. The predicted octanol–water partition coefficient (Wildman–Crippen LogP) is 4.35. The highest BCUT2D eigenvalue weighted by molar-refractivity contribution is 6.25. The van der Waals surface area contributed by atoms with Crippen LogP contribution in [0, 0.1) is 5.92 Å². The zero-order valence-electron chi connectivity index (χ0n) is 19.8. The van der Waals surface area contributed by atoms with Gasteiger partial charge in [-0.05, 0) is 42.5 Å². The van der Waals surface area contributed by atoms with Gasteiger partial charge in [0.1, 0.15) is 35.5 Å². The molecule has 8 nitrogen and oxygen atoms in total. The number of nitrogens with one attached hydrogen (secondary N) is 1. The average Bonchev–Trinajstić information content (AvgIpc) is 3.45. The normalized spacial score (nSPS) is 19.7. The second-order valence-electron chi connectivity index (χ2n) is 8.29. The average molecular weight is 485 g/mol. The summed E-state index contributed by atoms with van der Waals surface area (Å²) in [6, 6.07) is 19.0. The Balaban J connectivity index is 1.64. The quantitative estimate of drug-likeness (QED) is 0.377. The van der Waals surface area contributed by atoms with Crippen LogP contribution in [0.25, 0.3) is 0 Å². The summed E-state index contributed by atoms with van der Waals surface area (Å²) in [6.45, 7) is 3.99. The van der Waals surface area contributed by atoms with Crippen molar-refractivity contribution in [3.05, 3.63) is 96.1 Å². The van der Waals surface area contributed by atoms with Crippen molar-refractivity contribution >= 4 is 23.1 Å². The van der Waals surface area contributed by atoms with E-state index in [1.165, 1.54) is 7.11 Å². The number of carbonyl (C=O) groups excluding carboxylic acids is 2. The third-order valence-electron chi connectivity index (χ3n) is 6.33. The number of ketones is 1. The molecule has 2 aliphatic heterocycles. The highest BCUT2D eigenvalue weighted by Crippen LogP contribution is 2.50. The third kappa shape index (κ3) is 3.58. The summed E-state index contributed by atoms with van der Waals surface area (Å²) in [5.74, 6) is -0.259. The van der Waals surface area contributed by atoms with Gasteiger partial charge in [-0.25, -0.2) is 0 Å². The number of carbonyl (C=O) groups is 2. The number of ether oxygens (including phenoxy) is 3. The highest BCUT2D eigenvalue weighted by Gasteiger charge is 2.63. The summed E-state index contributed by atoms with van der Waals surface area (Å²) in [4.78, 5) is 33.5. The van der Waals surface area contributed by atoms with Crippen molar-refractivity contribution in [1.82, 2.24) is 0 Å². The molecule has 0 saturated heterocycles. The number of para-hydroxylation sites is 1. The second-order valence-corrected chi connectivity index (χ2v) is 8.29. The zero-order chi connectivity index (χ0) is 25.3. The lowest BCUT2D eigenvalue weighted by molar-refractivity contribution is -0.140. The molecule has 0 unspecified atom stereocenters. The molecule has 5 rings (SSSR count). The molecule has 0 aromatic heterocycles. The van der Waals surface area contributed by atoms with E-state index >= 15 is 0 Å². The van der Waals surface area contributed by atoms with Crippen LogP contribution < -0.4 is 19.5 Å². The Morgan fingerprint density at radius 2 is 1.83 bits per heavy atom. The van der Waals surface area contributed by atoms with Gasteiger partial charge in [-0.2, -0.15) is 0 Å². The number of rotatable bonds is 8. The summed E-state index contributed by atoms with van der Waals surface area (Å²) < 4.78 is 16.4. The van der Waals surface area contributed by atoms with Crippen LogP contribution in [-0.4, -0.2) is 38.2 Å². The van der Waals surface area contributed by atoms with Gasteiger partial charge < -0.3 is 24.4 Å². The summed E-state index contributed by atoms with van der Waals surface area (Å²) in [6.07, 6.45) is 1.64. The molecule has 3 aromatic rings. The number of benzene rings is 3.